The minimum absolute atomic E-state index is 0.0754. The van der Waals surface area contributed by atoms with E-state index in [9.17, 15) is 9.59 Å². The molecular formula is C24H26N2O3. The van der Waals surface area contributed by atoms with E-state index in [4.69, 9.17) is 4.42 Å². The van der Waals surface area contributed by atoms with Crippen LogP contribution in [0.4, 0.5) is 0 Å². The van der Waals surface area contributed by atoms with Crippen molar-refractivity contribution in [2.24, 2.45) is 5.92 Å². The number of carbonyl (C=O) groups excluding carboxylic acids is 1. The maximum Gasteiger partial charge on any atom is 0.287 e. The number of fused-ring (bicyclic) bond motifs is 1. The molecule has 5 heteroatoms. The van der Waals surface area contributed by atoms with Gasteiger partial charge in [0.25, 0.3) is 5.91 Å². The average Bonchev–Trinajstić information content (AvgIpc) is 2.75. The molecule has 0 saturated carbocycles. The summed E-state index contributed by atoms with van der Waals surface area (Å²) in [6.07, 6.45) is 3.24. The second kappa shape index (κ2) is 9.05. The van der Waals surface area contributed by atoms with Gasteiger partial charge in [-0.05, 0) is 56.0 Å². The minimum Gasteiger partial charge on any atom is -0.451 e. The Labute approximate surface area is 170 Å². The molecule has 0 spiro atoms. The fourth-order valence-electron chi connectivity index (χ4n) is 3.97. The molecule has 1 saturated heterocycles. The van der Waals surface area contributed by atoms with Crippen molar-refractivity contribution in [1.82, 2.24) is 10.2 Å². The summed E-state index contributed by atoms with van der Waals surface area (Å²) in [5.74, 6) is 0.367. The summed E-state index contributed by atoms with van der Waals surface area (Å²) in [5, 5.41) is 3.40. The summed E-state index contributed by atoms with van der Waals surface area (Å²) in [6, 6.07) is 18.8. The SMILES string of the molecule is O=C(NCCC1CCN(Cc2ccccc2)CC1)c1cc(=O)c2ccccc2o1. The average molecular weight is 390 g/mol. The van der Waals surface area contributed by atoms with Gasteiger partial charge in [-0.3, -0.25) is 14.5 Å². The molecular weight excluding hydrogens is 364 g/mol. The highest BCUT2D eigenvalue weighted by molar-refractivity contribution is 5.93. The third-order valence-corrected chi connectivity index (χ3v) is 5.65. The molecule has 1 amide bonds. The second-order valence-corrected chi connectivity index (χ2v) is 7.72. The quantitative estimate of drug-likeness (QED) is 0.695. The van der Waals surface area contributed by atoms with Crippen LogP contribution in [0.15, 0.2) is 69.9 Å². The zero-order valence-corrected chi connectivity index (χ0v) is 16.5. The van der Waals surface area contributed by atoms with E-state index >= 15 is 0 Å². The van der Waals surface area contributed by atoms with E-state index in [0.29, 0.717) is 23.4 Å². The van der Waals surface area contributed by atoms with Crippen LogP contribution in [0, 0.1) is 5.92 Å². The number of nitrogens with zero attached hydrogens (tertiary/aromatic N) is 1. The molecule has 0 aliphatic carbocycles. The second-order valence-electron chi connectivity index (χ2n) is 7.72. The van der Waals surface area contributed by atoms with Crippen LogP contribution in [-0.4, -0.2) is 30.4 Å². The maximum absolute atomic E-state index is 12.4. The molecule has 150 valence electrons. The summed E-state index contributed by atoms with van der Waals surface area (Å²) in [4.78, 5) is 27.0. The van der Waals surface area contributed by atoms with E-state index in [1.807, 2.05) is 6.07 Å². The molecule has 29 heavy (non-hydrogen) atoms. The molecule has 1 fully saturated rings. The van der Waals surface area contributed by atoms with Gasteiger partial charge in [-0.15, -0.1) is 0 Å². The van der Waals surface area contributed by atoms with Crippen LogP contribution in [0.5, 0.6) is 0 Å². The van der Waals surface area contributed by atoms with Gasteiger partial charge in [0.1, 0.15) is 5.58 Å². The molecule has 5 nitrogen and oxygen atoms in total. The molecule has 0 radical (unpaired) electrons. The number of carbonyl (C=O) groups is 1. The van der Waals surface area contributed by atoms with E-state index < -0.39 is 0 Å². The predicted octanol–water partition coefficient (Wildman–Crippen LogP) is 3.83. The number of hydrogen-bond acceptors (Lipinski definition) is 4. The van der Waals surface area contributed by atoms with Gasteiger partial charge < -0.3 is 9.73 Å². The minimum atomic E-state index is -0.325. The lowest BCUT2D eigenvalue weighted by Crippen LogP contribution is -2.35. The summed E-state index contributed by atoms with van der Waals surface area (Å²) < 4.78 is 5.60. The van der Waals surface area contributed by atoms with Gasteiger partial charge in [0.2, 0.25) is 0 Å². The Hall–Kier alpha value is -2.92. The van der Waals surface area contributed by atoms with Crippen LogP contribution in [0.1, 0.15) is 35.4 Å². The normalized spacial score (nSPS) is 15.4. The Morgan fingerprint density at radius 2 is 1.76 bits per heavy atom. The first-order valence-electron chi connectivity index (χ1n) is 10.3. The van der Waals surface area contributed by atoms with Crippen molar-refractivity contribution in [2.45, 2.75) is 25.8 Å². The first kappa shape index (κ1) is 19.4. The van der Waals surface area contributed by atoms with Gasteiger partial charge in [0.05, 0.1) is 5.39 Å². The van der Waals surface area contributed by atoms with Gasteiger partial charge in [-0.25, -0.2) is 0 Å². The molecule has 4 rings (SSSR count). The van der Waals surface area contributed by atoms with E-state index in [-0.39, 0.29) is 17.1 Å². The van der Waals surface area contributed by atoms with Crippen LogP contribution in [0.25, 0.3) is 11.0 Å². The Morgan fingerprint density at radius 3 is 2.55 bits per heavy atom. The lowest BCUT2D eigenvalue weighted by Gasteiger charge is -2.32. The highest BCUT2D eigenvalue weighted by atomic mass is 16.3. The van der Waals surface area contributed by atoms with Crippen molar-refractivity contribution in [3.63, 3.8) is 0 Å². The highest BCUT2D eigenvalue weighted by Crippen LogP contribution is 2.21. The van der Waals surface area contributed by atoms with E-state index in [0.717, 1.165) is 38.9 Å². The highest BCUT2D eigenvalue weighted by Gasteiger charge is 2.19. The third kappa shape index (κ3) is 4.93. The van der Waals surface area contributed by atoms with E-state index in [1.165, 1.54) is 11.6 Å². The zero-order valence-electron chi connectivity index (χ0n) is 16.5. The van der Waals surface area contributed by atoms with Gasteiger partial charge >= 0.3 is 0 Å². The smallest absolute Gasteiger partial charge is 0.287 e. The van der Waals surface area contributed by atoms with Crippen molar-refractivity contribution in [2.75, 3.05) is 19.6 Å². The zero-order chi connectivity index (χ0) is 20.1. The van der Waals surface area contributed by atoms with Gasteiger partial charge in [0.15, 0.2) is 11.2 Å². The number of benzene rings is 2. The Kier molecular flexibility index (Phi) is 6.06. The number of rotatable bonds is 6. The third-order valence-electron chi connectivity index (χ3n) is 5.65. The fourth-order valence-corrected chi connectivity index (χ4v) is 3.97. The first-order chi connectivity index (χ1) is 14.2. The van der Waals surface area contributed by atoms with Crippen LogP contribution >= 0.6 is 0 Å². The van der Waals surface area contributed by atoms with Gasteiger partial charge in [-0.2, -0.15) is 0 Å². The van der Waals surface area contributed by atoms with Crippen molar-refractivity contribution in [3.8, 4) is 0 Å². The molecule has 1 aliphatic rings. The molecule has 3 aromatic rings. The predicted molar refractivity (Wildman–Crippen MR) is 114 cm³/mol. The Bertz CT molecular complexity index is 1020. The Morgan fingerprint density at radius 1 is 1.03 bits per heavy atom. The standard InChI is InChI=1S/C24H26N2O3/c27-21-16-23(29-22-9-5-4-8-20(21)22)24(28)25-13-10-18-11-14-26(15-12-18)17-19-6-2-1-3-7-19/h1-9,16,18H,10-15,17H2,(H,25,28). The molecule has 0 bridgehead atoms. The van der Waals surface area contributed by atoms with Crippen LogP contribution < -0.4 is 10.7 Å². The van der Waals surface area contributed by atoms with Gasteiger partial charge in [0, 0.05) is 19.2 Å². The molecule has 0 atom stereocenters. The molecule has 1 aromatic heterocycles. The van der Waals surface area contributed by atoms with Crippen LogP contribution in [-0.2, 0) is 6.54 Å². The summed E-state index contributed by atoms with van der Waals surface area (Å²) in [7, 11) is 0. The largest absolute Gasteiger partial charge is 0.451 e. The number of piperidine rings is 1. The van der Waals surface area contributed by atoms with E-state index in [2.05, 4.69) is 34.5 Å². The topological polar surface area (TPSA) is 62.6 Å². The summed E-state index contributed by atoms with van der Waals surface area (Å²) in [5.41, 5.74) is 1.61. The maximum atomic E-state index is 12.4. The van der Waals surface area contributed by atoms with Crippen molar-refractivity contribution >= 4 is 16.9 Å². The molecule has 1 aliphatic heterocycles. The fraction of sp³-hybridized carbons (Fsp3) is 0.333. The number of para-hydroxylation sites is 1. The first-order valence-corrected chi connectivity index (χ1v) is 10.3. The number of amides is 1. The number of nitrogens with one attached hydrogen (secondary N) is 1. The van der Waals surface area contributed by atoms with E-state index in [1.54, 1.807) is 24.3 Å². The summed E-state index contributed by atoms with van der Waals surface area (Å²) >= 11 is 0. The summed E-state index contributed by atoms with van der Waals surface area (Å²) in [6.45, 7) is 3.78. The van der Waals surface area contributed by atoms with Crippen LogP contribution in [0.3, 0.4) is 0 Å². The molecule has 1 N–H and O–H groups in total. The van der Waals surface area contributed by atoms with Crippen molar-refractivity contribution in [1.29, 1.82) is 0 Å². The Balaban J connectivity index is 1.24. The monoisotopic (exact) mass is 390 g/mol. The van der Waals surface area contributed by atoms with Crippen molar-refractivity contribution in [3.05, 3.63) is 82.2 Å². The number of likely N-dealkylation sites (tertiary alicyclic amines) is 1. The van der Waals surface area contributed by atoms with Crippen molar-refractivity contribution < 1.29 is 9.21 Å². The molecule has 2 heterocycles. The lowest BCUT2D eigenvalue weighted by molar-refractivity contribution is 0.0920. The van der Waals surface area contributed by atoms with Crippen LogP contribution in [0.2, 0.25) is 0 Å². The molecule has 0 unspecified atom stereocenters. The lowest BCUT2D eigenvalue weighted by atomic mass is 9.93. The van der Waals surface area contributed by atoms with Gasteiger partial charge in [-0.1, -0.05) is 42.5 Å². The molecule has 2 aromatic carbocycles. The number of hydrogen-bond donors (Lipinski definition) is 1.